The Morgan fingerprint density at radius 1 is 1.29 bits per heavy atom. The van der Waals surface area contributed by atoms with Crippen LogP contribution < -0.4 is 10.6 Å². The van der Waals surface area contributed by atoms with Gasteiger partial charge in [-0.15, -0.1) is 0 Å². The van der Waals surface area contributed by atoms with E-state index in [1.807, 2.05) is 29.0 Å². The van der Waals surface area contributed by atoms with Crippen molar-refractivity contribution in [2.75, 3.05) is 25.6 Å². The minimum Gasteiger partial charge on any atom is -0.391 e. The second-order valence-electron chi connectivity index (χ2n) is 8.74. The molecule has 3 N–H and O–H groups in total. The van der Waals surface area contributed by atoms with Gasteiger partial charge in [0.05, 0.1) is 43.3 Å². The average molecular weight is 465 g/mol. The van der Waals surface area contributed by atoms with Crippen LogP contribution >= 0.6 is 0 Å². The summed E-state index contributed by atoms with van der Waals surface area (Å²) in [4.78, 5) is 22.2. The minimum atomic E-state index is -1.12. The SMILES string of the molecule is CNc1cc(-c2cn([C@H]3COC[C@H]3F)c3ncccc23)nc2c(C(=O)NC3CC[C@H]3O)cnn12. The van der Waals surface area contributed by atoms with Gasteiger partial charge in [-0.05, 0) is 25.0 Å². The first-order chi connectivity index (χ1) is 16.5. The molecule has 5 heterocycles. The summed E-state index contributed by atoms with van der Waals surface area (Å²) < 4.78 is 23.3. The fourth-order valence-corrected chi connectivity index (χ4v) is 4.65. The number of pyridine rings is 1. The van der Waals surface area contributed by atoms with Crippen molar-refractivity contribution in [2.24, 2.45) is 0 Å². The van der Waals surface area contributed by atoms with Gasteiger partial charge in [-0.3, -0.25) is 4.79 Å². The monoisotopic (exact) mass is 465 g/mol. The number of aromatic nitrogens is 5. The maximum atomic E-state index is 14.5. The van der Waals surface area contributed by atoms with Crippen LogP contribution in [-0.2, 0) is 4.74 Å². The van der Waals surface area contributed by atoms with Crippen molar-refractivity contribution < 1.29 is 19.0 Å². The topological polar surface area (TPSA) is 119 Å². The summed E-state index contributed by atoms with van der Waals surface area (Å²) in [7, 11) is 1.76. The van der Waals surface area contributed by atoms with Crippen LogP contribution in [0.15, 0.2) is 36.8 Å². The molecule has 1 amide bonds. The highest BCUT2D eigenvalue weighted by Gasteiger charge is 2.33. The zero-order valence-corrected chi connectivity index (χ0v) is 18.5. The van der Waals surface area contributed by atoms with Crippen molar-refractivity contribution in [1.29, 1.82) is 0 Å². The molecular formula is C23H24FN7O3. The molecule has 4 atom stereocenters. The van der Waals surface area contributed by atoms with Gasteiger partial charge in [0.2, 0.25) is 0 Å². The molecule has 1 aliphatic carbocycles. The van der Waals surface area contributed by atoms with Crippen LogP contribution in [0, 0.1) is 0 Å². The quantitative estimate of drug-likeness (QED) is 0.412. The van der Waals surface area contributed by atoms with Crippen molar-refractivity contribution in [3.05, 3.63) is 42.4 Å². The number of rotatable bonds is 5. The van der Waals surface area contributed by atoms with Gasteiger partial charge in [-0.1, -0.05) is 0 Å². The number of hydrogen-bond donors (Lipinski definition) is 3. The molecule has 0 aromatic carbocycles. The largest absolute Gasteiger partial charge is 0.391 e. The van der Waals surface area contributed by atoms with Crippen LogP contribution in [0.2, 0.25) is 0 Å². The number of amides is 1. The molecule has 176 valence electrons. The number of fused-ring (bicyclic) bond motifs is 2. The highest BCUT2D eigenvalue weighted by atomic mass is 19.1. The number of hydrogen-bond acceptors (Lipinski definition) is 7. The number of nitrogens with zero attached hydrogens (tertiary/aromatic N) is 5. The predicted octanol–water partition coefficient (Wildman–Crippen LogP) is 1.95. The minimum absolute atomic E-state index is 0.0601. The first-order valence-corrected chi connectivity index (χ1v) is 11.3. The van der Waals surface area contributed by atoms with E-state index in [1.54, 1.807) is 17.8 Å². The van der Waals surface area contributed by atoms with Gasteiger partial charge in [0.25, 0.3) is 5.91 Å². The van der Waals surface area contributed by atoms with Crippen molar-refractivity contribution in [2.45, 2.75) is 37.2 Å². The zero-order chi connectivity index (χ0) is 23.4. The molecule has 4 aromatic heterocycles. The number of anilines is 1. The maximum Gasteiger partial charge on any atom is 0.257 e. The lowest BCUT2D eigenvalue weighted by Gasteiger charge is -2.32. The summed E-state index contributed by atoms with van der Waals surface area (Å²) in [6.07, 6.45) is 4.76. The van der Waals surface area contributed by atoms with E-state index < -0.39 is 18.3 Å². The molecule has 1 saturated heterocycles. The molecule has 10 nitrogen and oxygen atoms in total. The van der Waals surface area contributed by atoms with E-state index >= 15 is 0 Å². The Labute approximate surface area is 193 Å². The number of carbonyl (C=O) groups excluding carboxylic acids is 1. The Hall–Kier alpha value is -3.57. The van der Waals surface area contributed by atoms with E-state index in [1.165, 1.54) is 6.20 Å². The van der Waals surface area contributed by atoms with E-state index in [0.29, 0.717) is 34.8 Å². The highest BCUT2D eigenvalue weighted by molar-refractivity contribution is 6.01. The number of alkyl halides is 1. The molecule has 4 aromatic rings. The Morgan fingerprint density at radius 2 is 2.18 bits per heavy atom. The number of ether oxygens (including phenoxy) is 1. The first kappa shape index (κ1) is 21.0. The number of carbonyl (C=O) groups is 1. The molecule has 0 bridgehead atoms. The van der Waals surface area contributed by atoms with Gasteiger partial charge in [-0.2, -0.15) is 9.61 Å². The lowest BCUT2D eigenvalue weighted by atomic mass is 9.89. The van der Waals surface area contributed by atoms with Gasteiger partial charge in [0, 0.05) is 36.5 Å². The average Bonchev–Trinajstić information content (AvgIpc) is 3.57. The maximum absolute atomic E-state index is 14.5. The molecule has 0 radical (unpaired) electrons. The van der Waals surface area contributed by atoms with Gasteiger partial charge < -0.3 is 25.0 Å². The van der Waals surface area contributed by atoms with E-state index in [9.17, 15) is 14.3 Å². The van der Waals surface area contributed by atoms with Crippen LogP contribution in [0.4, 0.5) is 10.2 Å². The predicted molar refractivity (Wildman–Crippen MR) is 123 cm³/mol. The van der Waals surface area contributed by atoms with Crippen LogP contribution in [0.5, 0.6) is 0 Å². The van der Waals surface area contributed by atoms with Crippen LogP contribution in [0.3, 0.4) is 0 Å². The van der Waals surface area contributed by atoms with Crippen molar-refractivity contribution >= 4 is 28.4 Å². The van der Waals surface area contributed by atoms with E-state index in [2.05, 4.69) is 20.7 Å². The molecule has 1 aliphatic heterocycles. The summed E-state index contributed by atoms with van der Waals surface area (Å²) in [5.74, 6) is 0.304. The smallest absolute Gasteiger partial charge is 0.257 e. The van der Waals surface area contributed by atoms with Crippen molar-refractivity contribution in [3.63, 3.8) is 0 Å². The lowest BCUT2D eigenvalue weighted by Crippen LogP contribution is -2.50. The van der Waals surface area contributed by atoms with Gasteiger partial charge in [0.15, 0.2) is 5.65 Å². The number of halogens is 1. The first-order valence-electron chi connectivity index (χ1n) is 11.3. The molecule has 0 spiro atoms. The number of aliphatic hydroxyl groups excluding tert-OH is 1. The molecule has 1 unspecified atom stereocenters. The standard InChI is InChI=1S/C23H24FN7O3/c1-25-20-7-17(28-22-13(8-27-31(20)22)23(33)29-16-4-5-19(16)32)14-9-30(18-11-34-10-15(18)24)21-12(14)3-2-6-26-21/h2-3,6-9,15-16,18-19,25,32H,4-5,10-11H2,1H3,(H,29,33)/t15-,16?,18+,19-/m1/s1. The normalized spacial score (nSPS) is 24.4. The van der Waals surface area contributed by atoms with Gasteiger partial charge >= 0.3 is 0 Å². The Kier molecular flexibility index (Phi) is 4.96. The van der Waals surface area contributed by atoms with Crippen LogP contribution in [0.1, 0.15) is 29.2 Å². The summed E-state index contributed by atoms with van der Waals surface area (Å²) in [5, 5.41) is 21.0. The van der Waals surface area contributed by atoms with E-state index in [-0.39, 0.29) is 25.2 Å². The molecular weight excluding hydrogens is 441 g/mol. The fourth-order valence-electron chi connectivity index (χ4n) is 4.65. The molecule has 11 heteroatoms. The lowest BCUT2D eigenvalue weighted by molar-refractivity contribution is 0.0448. The summed E-state index contributed by atoms with van der Waals surface area (Å²) in [5.41, 5.74) is 2.70. The third kappa shape index (κ3) is 3.23. The van der Waals surface area contributed by atoms with E-state index in [0.717, 1.165) is 17.4 Å². The Bertz CT molecular complexity index is 1400. The van der Waals surface area contributed by atoms with Gasteiger partial charge in [-0.25, -0.2) is 14.4 Å². The molecule has 1 saturated carbocycles. The Morgan fingerprint density at radius 3 is 2.88 bits per heavy atom. The second-order valence-corrected chi connectivity index (χ2v) is 8.74. The van der Waals surface area contributed by atoms with Crippen LogP contribution in [0.25, 0.3) is 27.9 Å². The molecule has 34 heavy (non-hydrogen) atoms. The third-order valence-corrected chi connectivity index (χ3v) is 6.73. The van der Waals surface area contributed by atoms with E-state index in [4.69, 9.17) is 9.72 Å². The summed E-state index contributed by atoms with van der Waals surface area (Å²) >= 11 is 0. The fraction of sp³-hybridized carbons (Fsp3) is 0.391. The van der Waals surface area contributed by atoms with Gasteiger partial charge in [0.1, 0.15) is 23.2 Å². The molecule has 6 rings (SSSR count). The third-order valence-electron chi connectivity index (χ3n) is 6.73. The molecule has 2 fully saturated rings. The molecule has 2 aliphatic rings. The Balaban J connectivity index is 1.48. The number of aliphatic hydroxyl groups is 1. The summed E-state index contributed by atoms with van der Waals surface area (Å²) in [6, 6.07) is 4.85. The van der Waals surface area contributed by atoms with Crippen LogP contribution in [-0.4, -0.2) is 73.7 Å². The van der Waals surface area contributed by atoms with Crippen molar-refractivity contribution in [3.8, 4) is 11.3 Å². The second kappa shape index (κ2) is 8.03. The summed E-state index contributed by atoms with van der Waals surface area (Å²) in [6.45, 7) is 0.333. The zero-order valence-electron chi connectivity index (χ0n) is 18.5. The number of nitrogens with one attached hydrogen (secondary N) is 2. The highest BCUT2D eigenvalue weighted by Crippen LogP contribution is 2.35. The van der Waals surface area contributed by atoms with Crippen molar-refractivity contribution in [1.82, 2.24) is 29.5 Å².